The quantitative estimate of drug-likeness (QED) is 0.371. The van der Waals surface area contributed by atoms with E-state index in [2.05, 4.69) is 15.9 Å². The maximum atomic E-state index is 12.4. The minimum atomic E-state index is -1.32. The van der Waals surface area contributed by atoms with E-state index in [9.17, 15) is 9.59 Å². The van der Waals surface area contributed by atoms with Crippen molar-refractivity contribution in [2.24, 2.45) is 5.92 Å². The van der Waals surface area contributed by atoms with Crippen LogP contribution in [0.3, 0.4) is 0 Å². The molecule has 3 nitrogen and oxygen atoms in total. The molecule has 1 rings (SSSR count). The zero-order chi connectivity index (χ0) is 13.1. The first-order chi connectivity index (χ1) is 7.94. The van der Waals surface area contributed by atoms with Gasteiger partial charge in [0.05, 0.1) is 7.11 Å². The highest BCUT2D eigenvalue weighted by molar-refractivity contribution is 9.10. The molecule has 0 fully saturated rings. The lowest BCUT2D eigenvalue weighted by Gasteiger charge is -2.27. The highest BCUT2D eigenvalue weighted by Gasteiger charge is 2.47. The van der Waals surface area contributed by atoms with Crippen molar-refractivity contribution in [1.29, 1.82) is 0 Å². The first-order valence-corrected chi connectivity index (χ1v) is 6.11. The lowest BCUT2D eigenvalue weighted by molar-refractivity contribution is -0.142. The summed E-state index contributed by atoms with van der Waals surface area (Å²) in [5.74, 6) is -1.05. The normalized spacial score (nSPS) is 14.2. The summed E-state index contributed by atoms with van der Waals surface area (Å²) >= 11 is 3.25. The molecule has 1 unspecified atom stereocenters. The number of halogens is 1. The van der Waals surface area contributed by atoms with Crippen LogP contribution >= 0.6 is 15.9 Å². The number of hydrogen-bond donors (Lipinski definition) is 0. The van der Waals surface area contributed by atoms with Gasteiger partial charge < -0.3 is 4.74 Å². The number of carbonyl (C=O) groups excluding carboxylic acids is 2. The van der Waals surface area contributed by atoms with Crippen LogP contribution in [-0.2, 0) is 9.53 Å². The molecule has 0 N–H and O–H groups in total. The van der Waals surface area contributed by atoms with E-state index in [1.807, 2.05) is 6.07 Å². The Bertz CT molecular complexity index is 414. The van der Waals surface area contributed by atoms with Gasteiger partial charge in [-0.15, -0.1) is 0 Å². The van der Waals surface area contributed by atoms with Gasteiger partial charge in [-0.25, -0.2) is 0 Å². The van der Waals surface area contributed by atoms with Gasteiger partial charge in [0, 0.05) is 5.56 Å². The number of ether oxygens (including phenoxy) is 1. The van der Waals surface area contributed by atoms with Gasteiger partial charge in [-0.2, -0.15) is 0 Å². The van der Waals surface area contributed by atoms with Gasteiger partial charge >= 0.3 is 5.97 Å². The van der Waals surface area contributed by atoms with E-state index >= 15 is 0 Å². The molecule has 1 atom stereocenters. The smallest absolute Gasteiger partial charge is 0.330 e. The fourth-order valence-electron chi connectivity index (χ4n) is 1.54. The van der Waals surface area contributed by atoms with Crippen molar-refractivity contribution in [3.05, 3.63) is 35.9 Å². The fourth-order valence-corrected chi connectivity index (χ4v) is 1.93. The van der Waals surface area contributed by atoms with Crippen molar-refractivity contribution >= 4 is 27.7 Å². The Balaban J connectivity index is 3.18. The number of hydrogen-bond acceptors (Lipinski definition) is 3. The second kappa shape index (κ2) is 5.45. The minimum absolute atomic E-state index is 0.206. The molecular weight excluding hydrogens is 284 g/mol. The molecule has 0 amide bonds. The van der Waals surface area contributed by atoms with Crippen molar-refractivity contribution in [3.8, 4) is 0 Å². The number of ketones is 1. The second-order valence-electron chi connectivity index (χ2n) is 4.05. The number of alkyl halides is 1. The van der Waals surface area contributed by atoms with Crippen LogP contribution in [0.4, 0.5) is 0 Å². The number of benzene rings is 1. The molecule has 0 aliphatic carbocycles. The third kappa shape index (κ3) is 2.57. The van der Waals surface area contributed by atoms with Crippen LogP contribution in [0, 0.1) is 5.92 Å². The zero-order valence-corrected chi connectivity index (χ0v) is 11.7. The van der Waals surface area contributed by atoms with Crippen molar-refractivity contribution in [1.82, 2.24) is 0 Å². The van der Waals surface area contributed by atoms with Gasteiger partial charge in [0.1, 0.15) is 0 Å². The molecule has 0 spiro atoms. The topological polar surface area (TPSA) is 43.4 Å². The van der Waals surface area contributed by atoms with Gasteiger partial charge in [0.25, 0.3) is 0 Å². The average Bonchev–Trinajstić information content (AvgIpc) is 2.36. The summed E-state index contributed by atoms with van der Waals surface area (Å²) in [5.41, 5.74) is 0.489. The predicted octanol–water partition coefficient (Wildman–Crippen LogP) is 2.83. The van der Waals surface area contributed by atoms with Crippen LogP contribution in [0.1, 0.15) is 24.2 Å². The molecule has 0 bridgehead atoms. The van der Waals surface area contributed by atoms with E-state index in [-0.39, 0.29) is 11.7 Å². The molecular formula is C13H15BrO3. The molecule has 0 heterocycles. The Morgan fingerprint density at radius 2 is 1.76 bits per heavy atom. The summed E-state index contributed by atoms with van der Waals surface area (Å²) in [6, 6.07) is 8.71. The first-order valence-electron chi connectivity index (χ1n) is 5.31. The van der Waals surface area contributed by atoms with E-state index in [1.54, 1.807) is 38.1 Å². The average molecular weight is 299 g/mol. The zero-order valence-electron chi connectivity index (χ0n) is 10.1. The van der Waals surface area contributed by atoms with Gasteiger partial charge in [-0.1, -0.05) is 60.1 Å². The van der Waals surface area contributed by atoms with E-state index < -0.39 is 10.3 Å². The molecule has 0 aliphatic rings. The first kappa shape index (κ1) is 13.9. The Morgan fingerprint density at radius 1 is 1.24 bits per heavy atom. The highest BCUT2D eigenvalue weighted by Crippen LogP contribution is 2.33. The van der Waals surface area contributed by atoms with Crippen LogP contribution < -0.4 is 0 Å². The van der Waals surface area contributed by atoms with E-state index in [0.29, 0.717) is 5.56 Å². The summed E-state index contributed by atoms with van der Waals surface area (Å²) < 4.78 is 3.40. The summed E-state index contributed by atoms with van der Waals surface area (Å²) in [5, 5.41) is 0. The monoisotopic (exact) mass is 298 g/mol. The van der Waals surface area contributed by atoms with Crippen molar-refractivity contribution in [2.45, 2.75) is 18.2 Å². The number of Topliss-reactive ketones (excluding diaryl/α,β-unsaturated/α-hetero) is 1. The number of methoxy groups -OCH3 is 1. The van der Waals surface area contributed by atoms with Crippen LogP contribution in [0.25, 0.3) is 0 Å². The second-order valence-corrected chi connectivity index (χ2v) is 5.30. The van der Waals surface area contributed by atoms with E-state index in [0.717, 1.165) is 0 Å². The van der Waals surface area contributed by atoms with Gasteiger partial charge in [-0.3, -0.25) is 9.59 Å². The van der Waals surface area contributed by atoms with Crippen LogP contribution in [0.2, 0.25) is 0 Å². The fraction of sp³-hybridized carbons (Fsp3) is 0.385. The van der Waals surface area contributed by atoms with Crippen LogP contribution in [0.15, 0.2) is 30.3 Å². The van der Waals surface area contributed by atoms with E-state index in [4.69, 9.17) is 4.74 Å². The molecule has 0 saturated carbocycles. The van der Waals surface area contributed by atoms with Gasteiger partial charge in [-0.05, 0) is 5.92 Å². The molecule has 1 aromatic rings. The lowest BCUT2D eigenvalue weighted by Crippen LogP contribution is -2.46. The maximum Gasteiger partial charge on any atom is 0.330 e. The Labute approximate surface area is 109 Å². The molecule has 0 aromatic heterocycles. The number of carbonyl (C=O) groups is 2. The van der Waals surface area contributed by atoms with Crippen LogP contribution in [0.5, 0.6) is 0 Å². The maximum absolute atomic E-state index is 12.4. The molecule has 4 heteroatoms. The summed E-state index contributed by atoms with van der Waals surface area (Å²) in [7, 11) is 1.28. The summed E-state index contributed by atoms with van der Waals surface area (Å²) in [6.07, 6.45) is 0. The predicted molar refractivity (Wildman–Crippen MR) is 69.3 cm³/mol. The van der Waals surface area contributed by atoms with Crippen molar-refractivity contribution < 1.29 is 14.3 Å². The van der Waals surface area contributed by atoms with E-state index in [1.165, 1.54) is 7.11 Å². The summed E-state index contributed by atoms with van der Waals surface area (Å²) in [6.45, 7) is 3.60. The van der Waals surface area contributed by atoms with Crippen LogP contribution in [-0.4, -0.2) is 23.2 Å². The lowest BCUT2D eigenvalue weighted by atomic mass is 9.87. The number of esters is 1. The molecule has 0 radical (unpaired) electrons. The molecule has 1 aromatic carbocycles. The molecule has 92 valence electrons. The number of rotatable bonds is 4. The minimum Gasteiger partial charge on any atom is -0.468 e. The third-order valence-electron chi connectivity index (χ3n) is 2.64. The highest BCUT2D eigenvalue weighted by atomic mass is 79.9. The Kier molecular flexibility index (Phi) is 4.46. The third-order valence-corrected chi connectivity index (χ3v) is 4.24. The molecule has 0 saturated heterocycles. The van der Waals surface area contributed by atoms with Crippen molar-refractivity contribution in [2.75, 3.05) is 7.11 Å². The standard InChI is InChI=1S/C13H15BrO3/c1-9(2)13(14,12(16)17-3)11(15)10-7-5-4-6-8-10/h4-9H,1-3H3. The largest absolute Gasteiger partial charge is 0.468 e. The molecule has 17 heavy (non-hydrogen) atoms. The SMILES string of the molecule is COC(=O)C(Br)(C(=O)c1ccccc1)C(C)C. The Morgan fingerprint density at radius 3 is 2.18 bits per heavy atom. The van der Waals surface area contributed by atoms with Gasteiger partial charge in [0.2, 0.25) is 0 Å². The van der Waals surface area contributed by atoms with Crippen molar-refractivity contribution in [3.63, 3.8) is 0 Å². The molecule has 0 aliphatic heterocycles. The summed E-state index contributed by atoms with van der Waals surface area (Å²) in [4.78, 5) is 24.2. The van der Waals surface area contributed by atoms with Gasteiger partial charge in [0.15, 0.2) is 10.1 Å². The Hall–Kier alpha value is -1.16.